The Kier molecular flexibility index (Phi) is 4.63. The van der Waals surface area contributed by atoms with Crippen molar-refractivity contribution in [1.82, 2.24) is 15.0 Å². The van der Waals surface area contributed by atoms with E-state index in [1.54, 1.807) is 4.90 Å². The van der Waals surface area contributed by atoms with Crippen LogP contribution in [0.1, 0.15) is 23.4 Å². The minimum absolute atomic E-state index is 0.0475. The standard InChI is InChI=1S/C15H23N3O4/c1-17(8-11-3-4-11)9-12-10-18(5-6-21-12)15(19)13-7-14(20-2)16-22-13/h7,11-12H,3-6,8-10H2,1-2H3/t12-/m0/s1. The number of hydrogen-bond acceptors (Lipinski definition) is 6. The quantitative estimate of drug-likeness (QED) is 0.776. The zero-order valence-corrected chi connectivity index (χ0v) is 13.2. The Balaban J connectivity index is 1.53. The van der Waals surface area contributed by atoms with Crippen molar-refractivity contribution in [3.05, 3.63) is 11.8 Å². The van der Waals surface area contributed by atoms with Gasteiger partial charge in [0.25, 0.3) is 11.8 Å². The highest BCUT2D eigenvalue weighted by atomic mass is 16.5. The second kappa shape index (κ2) is 6.66. The minimum Gasteiger partial charge on any atom is -0.479 e. The summed E-state index contributed by atoms with van der Waals surface area (Å²) < 4.78 is 15.8. The summed E-state index contributed by atoms with van der Waals surface area (Å²) in [6, 6.07) is 1.52. The lowest BCUT2D eigenvalue weighted by Crippen LogP contribution is -2.49. The van der Waals surface area contributed by atoms with Crippen molar-refractivity contribution in [3.8, 4) is 5.88 Å². The molecule has 1 aliphatic carbocycles. The lowest BCUT2D eigenvalue weighted by atomic mass is 10.2. The molecule has 1 aromatic rings. The maximum atomic E-state index is 12.4. The molecule has 1 amide bonds. The Labute approximate surface area is 130 Å². The number of hydrogen-bond donors (Lipinski definition) is 0. The number of carbonyl (C=O) groups excluding carboxylic acids is 1. The molecular weight excluding hydrogens is 286 g/mol. The van der Waals surface area contributed by atoms with Crippen LogP contribution in [0.15, 0.2) is 10.6 Å². The van der Waals surface area contributed by atoms with Crippen molar-refractivity contribution >= 4 is 5.91 Å². The van der Waals surface area contributed by atoms with Gasteiger partial charge in [-0.15, -0.1) is 0 Å². The number of morpholine rings is 1. The molecule has 0 radical (unpaired) electrons. The normalized spacial score (nSPS) is 22.1. The van der Waals surface area contributed by atoms with Gasteiger partial charge in [-0.2, -0.15) is 0 Å². The molecule has 0 bridgehead atoms. The smallest absolute Gasteiger partial charge is 0.292 e. The van der Waals surface area contributed by atoms with Crippen LogP contribution in [0.25, 0.3) is 0 Å². The maximum absolute atomic E-state index is 12.4. The first-order chi connectivity index (χ1) is 10.7. The van der Waals surface area contributed by atoms with Gasteiger partial charge in [0.05, 0.1) is 25.9 Å². The van der Waals surface area contributed by atoms with Gasteiger partial charge in [-0.1, -0.05) is 0 Å². The van der Waals surface area contributed by atoms with Gasteiger partial charge < -0.3 is 23.8 Å². The van der Waals surface area contributed by atoms with Crippen molar-refractivity contribution in [1.29, 1.82) is 0 Å². The van der Waals surface area contributed by atoms with E-state index < -0.39 is 0 Å². The van der Waals surface area contributed by atoms with Gasteiger partial charge in [0.15, 0.2) is 0 Å². The van der Waals surface area contributed by atoms with Crippen LogP contribution in [0.5, 0.6) is 5.88 Å². The molecule has 7 nitrogen and oxygen atoms in total. The molecule has 7 heteroatoms. The number of amides is 1. The molecule has 122 valence electrons. The molecule has 2 heterocycles. The third kappa shape index (κ3) is 3.78. The van der Waals surface area contributed by atoms with Gasteiger partial charge in [-0.3, -0.25) is 4.79 Å². The summed E-state index contributed by atoms with van der Waals surface area (Å²) in [5, 5.41) is 3.67. The Bertz CT molecular complexity index is 515. The van der Waals surface area contributed by atoms with Crippen LogP contribution in [0.2, 0.25) is 0 Å². The molecule has 0 aromatic carbocycles. The average Bonchev–Trinajstić information content (AvgIpc) is 3.19. The van der Waals surface area contributed by atoms with Crippen LogP contribution in [-0.4, -0.2) is 73.9 Å². The highest BCUT2D eigenvalue weighted by molar-refractivity contribution is 5.91. The monoisotopic (exact) mass is 309 g/mol. The second-order valence-electron chi connectivity index (χ2n) is 6.14. The molecular formula is C15H23N3O4. The zero-order chi connectivity index (χ0) is 15.5. The first-order valence-corrected chi connectivity index (χ1v) is 7.76. The molecule has 22 heavy (non-hydrogen) atoms. The van der Waals surface area contributed by atoms with Crippen molar-refractivity contribution < 1.29 is 18.8 Å². The van der Waals surface area contributed by atoms with Gasteiger partial charge >= 0.3 is 0 Å². The number of carbonyl (C=O) groups is 1. The van der Waals surface area contributed by atoms with E-state index in [0.717, 1.165) is 19.0 Å². The highest BCUT2D eigenvalue weighted by Crippen LogP contribution is 2.29. The predicted octanol–water partition coefficient (Wildman–Crippen LogP) is 0.866. The van der Waals surface area contributed by atoms with Crippen LogP contribution in [-0.2, 0) is 4.74 Å². The van der Waals surface area contributed by atoms with Crippen molar-refractivity contribution in [2.45, 2.75) is 18.9 Å². The average molecular weight is 309 g/mol. The second-order valence-corrected chi connectivity index (χ2v) is 6.14. The van der Waals surface area contributed by atoms with E-state index in [4.69, 9.17) is 14.0 Å². The molecule has 3 rings (SSSR count). The Hall–Kier alpha value is -1.60. The van der Waals surface area contributed by atoms with E-state index in [2.05, 4.69) is 17.1 Å². The van der Waals surface area contributed by atoms with E-state index in [1.807, 2.05) is 0 Å². The molecule has 0 N–H and O–H groups in total. The first-order valence-electron chi connectivity index (χ1n) is 7.76. The Morgan fingerprint density at radius 2 is 2.32 bits per heavy atom. The first kappa shape index (κ1) is 15.3. The number of ether oxygens (including phenoxy) is 2. The molecule has 0 unspecified atom stereocenters. The lowest BCUT2D eigenvalue weighted by Gasteiger charge is -2.34. The van der Waals surface area contributed by atoms with E-state index in [0.29, 0.717) is 25.6 Å². The molecule has 1 atom stereocenters. The van der Waals surface area contributed by atoms with Crippen LogP contribution in [0, 0.1) is 5.92 Å². The topological polar surface area (TPSA) is 68.0 Å². The minimum atomic E-state index is -0.158. The third-order valence-electron chi connectivity index (χ3n) is 4.12. The van der Waals surface area contributed by atoms with E-state index in [-0.39, 0.29) is 17.8 Å². The summed E-state index contributed by atoms with van der Waals surface area (Å²) in [6.07, 6.45) is 2.73. The van der Waals surface area contributed by atoms with Crippen molar-refractivity contribution in [3.63, 3.8) is 0 Å². The van der Waals surface area contributed by atoms with Gasteiger partial charge in [0, 0.05) is 26.2 Å². The van der Waals surface area contributed by atoms with E-state index in [1.165, 1.54) is 26.0 Å². The Morgan fingerprint density at radius 1 is 1.50 bits per heavy atom. The van der Waals surface area contributed by atoms with Crippen LogP contribution < -0.4 is 4.74 Å². The number of likely N-dealkylation sites (N-methyl/N-ethyl adjacent to an activating group) is 1. The summed E-state index contributed by atoms with van der Waals surface area (Å²) >= 11 is 0. The van der Waals surface area contributed by atoms with Gasteiger partial charge in [-0.25, -0.2) is 0 Å². The van der Waals surface area contributed by atoms with Crippen LogP contribution in [0.3, 0.4) is 0 Å². The van der Waals surface area contributed by atoms with Crippen LogP contribution in [0.4, 0.5) is 0 Å². The van der Waals surface area contributed by atoms with Gasteiger partial charge in [0.1, 0.15) is 0 Å². The third-order valence-corrected chi connectivity index (χ3v) is 4.12. The summed E-state index contributed by atoms with van der Waals surface area (Å²) in [5.41, 5.74) is 0. The number of methoxy groups -OCH3 is 1. The fourth-order valence-electron chi connectivity index (χ4n) is 2.79. The summed E-state index contributed by atoms with van der Waals surface area (Å²) in [4.78, 5) is 16.5. The molecule has 1 saturated carbocycles. The molecule has 1 saturated heterocycles. The maximum Gasteiger partial charge on any atom is 0.292 e. The molecule has 1 aliphatic heterocycles. The Morgan fingerprint density at radius 3 is 3.00 bits per heavy atom. The lowest BCUT2D eigenvalue weighted by molar-refractivity contribution is -0.0343. The van der Waals surface area contributed by atoms with Crippen molar-refractivity contribution in [2.24, 2.45) is 5.92 Å². The molecule has 0 spiro atoms. The van der Waals surface area contributed by atoms with Gasteiger partial charge in [-0.05, 0) is 31.0 Å². The fraction of sp³-hybridized carbons (Fsp3) is 0.733. The molecule has 1 aromatic heterocycles. The SMILES string of the molecule is COc1cc(C(=O)N2CCO[C@@H](CN(C)CC3CC3)C2)on1. The highest BCUT2D eigenvalue weighted by Gasteiger charge is 2.29. The number of aromatic nitrogens is 1. The summed E-state index contributed by atoms with van der Waals surface area (Å²) in [7, 11) is 3.61. The molecule has 2 aliphatic rings. The van der Waals surface area contributed by atoms with E-state index in [9.17, 15) is 4.79 Å². The van der Waals surface area contributed by atoms with Crippen LogP contribution >= 0.6 is 0 Å². The largest absolute Gasteiger partial charge is 0.479 e. The van der Waals surface area contributed by atoms with Crippen molar-refractivity contribution in [2.75, 3.05) is 46.9 Å². The fourth-order valence-corrected chi connectivity index (χ4v) is 2.79. The van der Waals surface area contributed by atoms with Gasteiger partial charge in [0.2, 0.25) is 5.76 Å². The predicted molar refractivity (Wildman–Crippen MR) is 78.9 cm³/mol. The van der Waals surface area contributed by atoms with E-state index >= 15 is 0 Å². The number of nitrogens with zero attached hydrogens (tertiary/aromatic N) is 3. The summed E-state index contributed by atoms with van der Waals surface area (Å²) in [6.45, 7) is 3.67. The zero-order valence-electron chi connectivity index (χ0n) is 13.2. The molecule has 2 fully saturated rings. The summed E-state index contributed by atoms with van der Waals surface area (Å²) in [5.74, 6) is 1.23. The number of rotatable bonds is 6.